The average molecular weight is 284 g/mol. The van der Waals surface area contributed by atoms with Crippen LogP contribution in [0.15, 0.2) is 18.2 Å². The van der Waals surface area contributed by atoms with Gasteiger partial charge in [-0.1, -0.05) is 25.4 Å². The molecule has 0 fully saturated rings. The summed E-state index contributed by atoms with van der Waals surface area (Å²) in [7, 11) is 0. The zero-order valence-electron chi connectivity index (χ0n) is 10.2. The van der Waals surface area contributed by atoms with Gasteiger partial charge in [0, 0.05) is 11.4 Å². The Balaban J connectivity index is 2.24. The number of hydrogen-bond donors (Lipinski definition) is 1. The number of carboxylic acid groups (broad SMARTS) is 1. The van der Waals surface area contributed by atoms with Gasteiger partial charge in [-0.05, 0) is 23.6 Å². The number of thiazole rings is 1. The van der Waals surface area contributed by atoms with Crippen molar-refractivity contribution in [3.63, 3.8) is 0 Å². The van der Waals surface area contributed by atoms with Gasteiger partial charge < -0.3 is 5.11 Å². The van der Waals surface area contributed by atoms with Crippen LogP contribution in [0.25, 0.3) is 10.2 Å². The van der Waals surface area contributed by atoms with Gasteiger partial charge in [0.1, 0.15) is 0 Å². The molecule has 0 bridgehead atoms. The monoisotopic (exact) mass is 283 g/mol. The predicted octanol–water partition coefficient (Wildman–Crippen LogP) is 3.99. The molecule has 0 atom stereocenters. The summed E-state index contributed by atoms with van der Waals surface area (Å²) in [6.45, 7) is 3.89. The van der Waals surface area contributed by atoms with Crippen LogP contribution in [0.5, 0.6) is 0 Å². The van der Waals surface area contributed by atoms with E-state index in [4.69, 9.17) is 16.7 Å². The molecule has 96 valence electrons. The van der Waals surface area contributed by atoms with E-state index in [1.807, 2.05) is 32.0 Å². The second kappa shape index (κ2) is 4.86. The van der Waals surface area contributed by atoms with E-state index in [2.05, 4.69) is 4.98 Å². The number of nitrogens with zero attached hydrogens (tertiary/aromatic N) is 1. The minimum atomic E-state index is -0.774. The highest BCUT2D eigenvalue weighted by atomic mass is 35.5. The van der Waals surface area contributed by atoms with E-state index in [1.165, 1.54) is 0 Å². The molecule has 0 saturated heterocycles. The maximum absolute atomic E-state index is 10.8. The molecule has 0 spiro atoms. The lowest BCUT2D eigenvalue weighted by atomic mass is 9.86. The smallest absolute Gasteiger partial charge is 0.303 e. The second-order valence-electron chi connectivity index (χ2n) is 5.13. The van der Waals surface area contributed by atoms with Gasteiger partial charge in [-0.2, -0.15) is 0 Å². The molecule has 3 nitrogen and oxygen atoms in total. The highest BCUT2D eigenvalue weighted by Crippen LogP contribution is 2.31. The van der Waals surface area contributed by atoms with Crippen molar-refractivity contribution in [2.45, 2.75) is 26.7 Å². The zero-order chi connectivity index (χ0) is 13.3. The molecule has 0 unspecified atom stereocenters. The third kappa shape index (κ3) is 3.21. The SMILES string of the molecule is CC(C)(CC(=O)O)Cc1nc2ccc(Cl)cc2s1. The summed E-state index contributed by atoms with van der Waals surface area (Å²) in [5.74, 6) is -0.774. The fourth-order valence-corrected chi connectivity index (χ4v) is 3.40. The van der Waals surface area contributed by atoms with Crippen molar-refractivity contribution in [3.8, 4) is 0 Å². The van der Waals surface area contributed by atoms with Crippen molar-refractivity contribution in [2.24, 2.45) is 5.41 Å². The van der Waals surface area contributed by atoms with Crippen LogP contribution in [-0.2, 0) is 11.2 Å². The summed E-state index contributed by atoms with van der Waals surface area (Å²) < 4.78 is 1.05. The molecule has 1 heterocycles. The van der Waals surface area contributed by atoms with Crippen molar-refractivity contribution in [1.29, 1.82) is 0 Å². The molecular formula is C13H14ClNO2S. The van der Waals surface area contributed by atoms with Crippen LogP contribution >= 0.6 is 22.9 Å². The molecule has 2 aromatic rings. The summed E-state index contributed by atoms with van der Waals surface area (Å²) in [6.07, 6.45) is 0.806. The molecule has 18 heavy (non-hydrogen) atoms. The number of carboxylic acids is 1. The van der Waals surface area contributed by atoms with E-state index in [0.717, 1.165) is 15.2 Å². The summed E-state index contributed by atoms with van der Waals surface area (Å²) in [6, 6.07) is 5.60. The first-order chi connectivity index (χ1) is 8.35. The Morgan fingerprint density at radius 1 is 1.50 bits per heavy atom. The van der Waals surface area contributed by atoms with Gasteiger partial charge in [0.05, 0.1) is 21.6 Å². The summed E-state index contributed by atoms with van der Waals surface area (Å²) in [5, 5.41) is 10.5. The molecule has 0 radical (unpaired) electrons. The molecule has 0 aliphatic rings. The molecule has 1 aromatic heterocycles. The van der Waals surface area contributed by atoms with Crippen molar-refractivity contribution >= 4 is 39.1 Å². The minimum absolute atomic E-state index is 0.143. The Kier molecular flexibility index (Phi) is 3.59. The zero-order valence-corrected chi connectivity index (χ0v) is 11.8. The lowest BCUT2D eigenvalue weighted by Crippen LogP contribution is -2.19. The van der Waals surface area contributed by atoms with Crippen LogP contribution in [0.3, 0.4) is 0 Å². The van der Waals surface area contributed by atoms with Crippen LogP contribution in [-0.4, -0.2) is 16.1 Å². The first kappa shape index (κ1) is 13.3. The number of halogens is 1. The van der Waals surface area contributed by atoms with E-state index in [-0.39, 0.29) is 11.8 Å². The molecule has 0 aliphatic carbocycles. The number of aliphatic carboxylic acids is 1. The maximum atomic E-state index is 10.8. The average Bonchev–Trinajstić information content (AvgIpc) is 2.55. The Bertz CT molecular complexity index is 592. The topological polar surface area (TPSA) is 50.2 Å². The van der Waals surface area contributed by atoms with E-state index in [1.54, 1.807) is 11.3 Å². The number of aromatic nitrogens is 1. The van der Waals surface area contributed by atoms with Gasteiger partial charge in [0.2, 0.25) is 0 Å². The van der Waals surface area contributed by atoms with Crippen LogP contribution in [0, 0.1) is 5.41 Å². The quantitative estimate of drug-likeness (QED) is 0.923. The summed E-state index contributed by atoms with van der Waals surface area (Å²) in [5.41, 5.74) is 0.634. The van der Waals surface area contributed by atoms with Crippen molar-refractivity contribution in [2.75, 3.05) is 0 Å². The minimum Gasteiger partial charge on any atom is -0.481 e. The lowest BCUT2D eigenvalue weighted by Gasteiger charge is -2.20. The van der Waals surface area contributed by atoms with Gasteiger partial charge in [-0.3, -0.25) is 4.79 Å². The van der Waals surface area contributed by atoms with E-state index >= 15 is 0 Å². The second-order valence-corrected chi connectivity index (χ2v) is 6.68. The molecule has 0 saturated carbocycles. The largest absolute Gasteiger partial charge is 0.481 e. The van der Waals surface area contributed by atoms with Gasteiger partial charge in [0.15, 0.2) is 0 Å². The summed E-state index contributed by atoms with van der Waals surface area (Å²) >= 11 is 7.51. The molecule has 0 amide bonds. The number of hydrogen-bond acceptors (Lipinski definition) is 3. The summed E-state index contributed by atoms with van der Waals surface area (Å²) in [4.78, 5) is 15.3. The maximum Gasteiger partial charge on any atom is 0.303 e. The fourth-order valence-electron chi connectivity index (χ4n) is 1.90. The Morgan fingerprint density at radius 3 is 2.89 bits per heavy atom. The van der Waals surface area contributed by atoms with Gasteiger partial charge in [-0.15, -0.1) is 11.3 Å². The van der Waals surface area contributed by atoms with Crippen molar-refractivity contribution in [3.05, 3.63) is 28.2 Å². The van der Waals surface area contributed by atoms with Gasteiger partial charge in [0.25, 0.3) is 0 Å². The van der Waals surface area contributed by atoms with Gasteiger partial charge in [-0.25, -0.2) is 4.98 Å². The highest BCUT2D eigenvalue weighted by molar-refractivity contribution is 7.18. The highest BCUT2D eigenvalue weighted by Gasteiger charge is 2.24. The van der Waals surface area contributed by atoms with E-state index < -0.39 is 5.97 Å². The third-order valence-corrected chi connectivity index (χ3v) is 3.91. The number of benzene rings is 1. The molecular weight excluding hydrogens is 270 g/mol. The predicted molar refractivity (Wildman–Crippen MR) is 74.4 cm³/mol. The van der Waals surface area contributed by atoms with Gasteiger partial charge >= 0.3 is 5.97 Å². The van der Waals surface area contributed by atoms with Crippen molar-refractivity contribution < 1.29 is 9.90 Å². The number of fused-ring (bicyclic) bond motifs is 1. The van der Waals surface area contributed by atoms with Crippen LogP contribution < -0.4 is 0 Å². The Labute approximate surface area is 114 Å². The van der Waals surface area contributed by atoms with E-state index in [0.29, 0.717) is 11.4 Å². The Morgan fingerprint density at radius 2 is 2.22 bits per heavy atom. The standard InChI is InChI=1S/C13H14ClNO2S/c1-13(2,7-12(16)17)6-11-15-9-4-3-8(14)5-10(9)18-11/h3-5H,6-7H2,1-2H3,(H,16,17). The molecule has 0 aliphatic heterocycles. The molecule has 5 heteroatoms. The Hall–Kier alpha value is -1.13. The van der Waals surface area contributed by atoms with E-state index in [9.17, 15) is 4.79 Å². The first-order valence-corrected chi connectivity index (χ1v) is 6.82. The number of rotatable bonds is 4. The van der Waals surface area contributed by atoms with Crippen molar-refractivity contribution in [1.82, 2.24) is 4.98 Å². The van der Waals surface area contributed by atoms with Crippen LogP contribution in [0.4, 0.5) is 0 Å². The first-order valence-electron chi connectivity index (χ1n) is 5.62. The molecule has 1 N–H and O–H groups in total. The lowest BCUT2D eigenvalue weighted by molar-refractivity contribution is -0.139. The third-order valence-electron chi connectivity index (χ3n) is 2.65. The molecule has 1 aromatic carbocycles. The van der Waals surface area contributed by atoms with Crippen LogP contribution in [0.2, 0.25) is 5.02 Å². The normalized spacial score (nSPS) is 11.9. The number of carbonyl (C=O) groups is 1. The van der Waals surface area contributed by atoms with Crippen LogP contribution in [0.1, 0.15) is 25.3 Å². The fraction of sp³-hybridized carbons (Fsp3) is 0.385. The molecule has 2 rings (SSSR count).